The van der Waals surface area contributed by atoms with Crippen LogP contribution in [0.1, 0.15) is 82.4 Å². The van der Waals surface area contributed by atoms with Gasteiger partial charge in [-0.2, -0.15) is 4.99 Å². The van der Waals surface area contributed by atoms with Crippen LogP contribution in [0.15, 0.2) is 83.9 Å². The summed E-state index contributed by atoms with van der Waals surface area (Å²) in [5.41, 5.74) is 8.35. The first-order valence-corrected chi connectivity index (χ1v) is 22.9. The van der Waals surface area contributed by atoms with Gasteiger partial charge in [0.2, 0.25) is 23.6 Å². The quantitative estimate of drug-likeness (QED) is 0.0273. The summed E-state index contributed by atoms with van der Waals surface area (Å²) in [6.07, 6.45) is 1.29. The first-order valence-electron chi connectivity index (χ1n) is 22.9. The number of nitrogens with zero attached hydrogens (tertiary/aromatic N) is 1. The van der Waals surface area contributed by atoms with Crippen molar-refractivity contribution in [3.63, 3.8) is 0 Å². The van der Waals surface area contributed by atoms with E-state index in [1.807, 2.05) is 54.6 Å². The molecule has 0 bridgehead atoms. The molecule has 0 aliphatic carbocycles. The van der Waals surface area contributed by atoms with Crippen molar-refractivity contribution in [1.29, 1.82) is 0 Å². The van der Waals surface area contributed by atoms with E-state index in [0.717, 1.165) is 16.8 Å². The van der Waals surface area contributed by atoms with Crippen LogP contribution in [-0.4, -0.2) is 124 Å². The van der Waals surface area contributed by atoms with E-state index < -0.39 is 35.6 Å². The van der Waals surface area contributed by atoms with Gasteiger partial charge >= 0.3 is 12.1 Å². The maximum atomic E-state index is 14.3. The lowest BCUT2D eigenvalue weighted by Crippen LogP contribution is -2.48. The number of alkyl carbamates (subject to hydrolysis) is 1. The number of hydrogen-bond donors (Lipinski definition) is 10. The van der Waals surface area contributed by atoms with E-state index in [0.29, 0.717) is 64.3 Å². The van der Waals surface area contributed by atoms with Crippen molar-refractivity contribution in [3.8, 4) is 5.75 Å². The van der Waals surface area contributed by atoms with Crippen molar-refractivity contribution in [2.75, 3.05) is 71.0 Å². The molecule has 68 heavy (non-hydrogen) atoms. The van der Waals surface area contributed by atoms with Crippen LogP contribution in [0.5, 0.6) is 5.75 Å². The van der Waals surface area contributed by atoms with Crippen LogP contribution in [0.25, 0.3) is 0 Å². The molecule has 0 saturated carbocycles. The van der Waals surface area contributed by atoms with Crippen molar-refractivity contribution in [1.82, 2.24) is 37.2 Å². The Balaban J connectivity index is 1.49. The van der Waals surface area contributed by atoms with Crippen molar-refractivity contribution < 1.29 is 48.1 Å². The summed E-state index contributed by atoms with van der Waals surface area (Å²) < 4.78 is 16.1. The number of benzene rings is 3. The highest BCUT2D eigenvalue weighted by Crippen LogP contribution is 2.27. The summed E-state index contributed by atoms with van der Waals surface area (Å²) in [4.78, 5) is 79.1. The summed E-state index contributed by atoms with van der Waals surface area (Å²) in [6.45, 7) is 10.5. The maximum Gasteiger partial charge on any atom is 0.407 e. The predicted molar refractivity (Wildman–Crippen MR) is 259 cm³/mol. The first-order chi connectivity index (χ1) is 32.6. The molecule has 0 aromatic heterocycles. The standard InChI is InChI=1S/C48H70N10O10/c1-5-40(60)52-26-27-54-46(64)58-45(49)53-23-9-13-39(43(62)56-33-34-14-20-38(59)21-15-34)57-44(63)42(35-11-7-6-8-12-35)36-16-18-37(19-17-36)50-24-10-25-51-41(61)22-29-66-31-32-67-30-28-55-47(65)68-48(2,3)4/h6-8,11-12,14-21,39,42,50,59H,5,9-10,13,22-33H2,1-4H3,(H,51,61)(H,52,60)(H,55,65)(H,56,62)(H,57,63)(H4,49,53,54,58,64)/t39-,42?/m1/s1. The topological polar surface area (TPSA) is 285 Å². The smallest absolute Gasteiger partial charge is 0.407 e. The largest absolute Gasteiger partial charge is 0.508 e. The van der Waals surface area contributed by atoms with Gasteiger partial charge in [0.1, 0.15) is 17.4 Å². The van der Waals surface area contributed by atoms with Gasteiger partial charge in [-0.15, -0.1) is 0 Å². The summed E-state index contributed by atoms with van der Waals surface area (Å²) in [5.74, 6) is -1.86. The van der Waals surface area contributed by atoms with Gasteiger partial charge in [0.05, 0.1) is 32.3 Å². The van der Waals surface area contributed by atoms with Crippen LogP contribution in [0.4, 0.5) is 15.3 Å². The van der Waals surface area contributed by atoms with Crippen LogP contribution in [0.3, 0.4) is 0 Å². The minimum absolute atomic E-state index is 0.0958. The molecular formula is C48H70N10O10. The first kappa shape index (κ1) is 55.4. The summed E-state index contributed by atoms with van der Waals surface area (Å²) >= 11 is 0. The molecule has 3 rings (SSSR count). The molecule has 20 nitrogen and oxygen atoms in total. The number of ether oxygens (including phenoxy) is 3. The van der Waals surface area contributed by atoms with Crippen LogP contribution in [0, 0.1) is 0 Å². The number of guanidine groups is 1. The number of anilines is 1. The van der Waals surface area contributed by atoms with E-state index >= 15 is 0 Å². The van der Waals surface area contributed by atoms with Crippen molar-refractivity contribution in [3.05, 3.63) is 95.6 Å². The molecular weight excluding hydrogens is 877 g/mol. The number of phenols is 1. The molecule has 0 spiro atoms. The lowest BCUT2D eigenvalue weighted by atomic mass is 9.90. The molecule has 3 aromatic rings. The SMILES string of the molecule is CCC(=O)NCCNC(=O)/N=C(/N)NCCC[C@@H](NC(=O)C(c1ccccc1)c1ccc(NCCCNC(=O)CCOCCOCCNC(=O)OC(C)(C)C)cc1)C(=O)NCc1ccc(O)cc1. The Morgan fingerprint density at radius 1 is 0.662 bits per heavy atom. The Kier molecular flexibility index (Phi) is 25.4. The number of carbonyl (C=O) groups excluding carboxylic acids is 6. The third kappa shape index (κ3) is 24.0. The molecule has 0 fully saturated rings. The number of aliphatic imine (C=N–C) groups is 1. The Hall–Kier alpha value is -6.93. The molecule has 0 radical (unpaired) electrons. The van der Waals surface area contributed by atoms with E-state index in [-0.39, 0.29) is 75.1 Å². The van der Waals surface area contributed by atoms with Gasteiger partial charge in [-0.05, 0) is 81.0 Å². The zero-order chi connectivity index (χ0) is 49.6. The molecule has 372 valence electrons. The highest BCUT2D eigenvalue weighted by molar-refractivity contribution is 5.93. The minimum atomic E-state index is -0.950. The molecule has 11 N–H and O–H groups in total. The fourth-order valence-electron chi connectivity index (χ4n) is 6.26. The summed E-state index contributed by atoms with van der Waals surface area (Å²) in [5, 5.41) is 32.4. The van der Waals surface area contributed by atoms with Gasteiger partial charge in [0.25, 0.3) is 0 Å². The van der Waals surface area contributed by atoms with Crippen molar-refractivity contribution in [2.45, 2.75) is 83.9 Å². The number of nitrogens with one attached hydrogen (secondary N) is 8. The number of amides is 7. The van der Waals surface area contributed by atoms with Crippen LogP contribution in [-0.2, 0) is 39.9 Å². The molecule has 20 heteroatoms. The summed E-state index contributed by atoms with van der Waals surface area (Å²) in [6, 6.07) is 21.5. The molecule has 2 atom stereocenters. The van der Waals surface area contributed by atoms with E-state index in [2.05, 4.69) is 47.5 Å². The highest BCUT2D eigenvalue weighted by Gasteiger charge is 2.28. The molecule has 0 heterocycles. The molecule has 1 unspecified atom stereocenters. The number of urea groups is 1. The number of phenolic OH excluding ortho intramolecular Hbond substituents is 1. The van der Waals surface area contributed by atoms with Gasteiger partial charge < -0.3 is 67.6 Å². The number of aromatic hydroxyl groups is 1. The third-order valence-electron chi connectivity index (χ3n) is 9.68. The Bertz CT molecular complexity index is 2030. The van der Waals surface area contributed by atoms with Crippen LogP contribution >= 0.6 is 0 Å². The van der Waals surface area contributed by atoms with E-state index in [9.17, 15) is 33.9 Å². The fourth-order valence-corrected chi connectivity index (χ4v) is 6.26. The second-order valence-electron chi connectivity index (χ2n) is 16.4. The molecule has 0 saturated heterocycles. The fraction of sp³-hybridized carbons (Fsp3) is 0.479. The number of rotatable bonds is 29. The number of carbonyl (C=O) groups is 6. The highest BCUT2D eigenvalue weighted by atomic mass is 16.6. The lowest BCUT2D eigenvalue weighted by Gasteiger charge is -2.23. The van der Waals surface area contributed by atoms with Crippen molar-refractivity contribution in [2.24, 2.45) is 10.7 Å². The van der Waals surface area contributed by atoms with Crippen LogP contribution in [0.2, 0.25) is 0 Å². The molecule has 3 aromatic carbocycles. The normalized spacial score (nSPS) is 12.1. The van der Waals surface area contributed by atoms with Crippen molar-refractivity contribution >= 4 is 47.4 Å². The number of hydrogen-bond acceptors (Lipinski definition) is 11. The Labute approximate surface area is 398 Å². The average molecular weight is 947 g/mol. The third-order valence-corrected chi connectivity index (χ3v) is 9.68. The van der Waals surface area contributed by atoms with E-state index in [4.69, 9.17) is 19.9 Å². The van der Waals surface area contributed by atoms with E-state index in [1.165, 1.54) is 12.1 Å². The zero-order valence-corrected chi connectivity index (χ0v) is 39.6. The maximum absolute atomic E-state index is 14.3. The molecule has 0 aliphatic heterocycles. The van der Waals surface area contributed by atoms with Gasteiger partial charge in [0.15, 0.2) is 5.96 Å². The number of nitrogens with two attached hydrogens (primary N) is 1. The zero-order valence-electron chi connectivity index (χ0n) is 39.6. The Morgan fingerprint density at radius 2 is 1.31 bits per heavy atom. The minimum Gasteiger partial charge on any atom is -0.508 e. The predicted octanol–water partition coefficient (Wildman–Crippen LogP) is 3.11. The Morgan fingerprint density at radius 3 is 2.00 bits per heavy atom. The van der Waals surface area contributed by atoms with Gasteiger partial charge in [-0.25, -0.2) is 9.59 Å². The average Bonchev–Trinajstić information content (AvgIpc) is 3.30. The lowest BCUT2D eigenvalue weighted by molar-refractivity contribution is -0.129. The molecule has 0 aliphatic rings. The molecule has 7 amide bonds. The second-order valence-corrected chi connectivity index (χ2v) is 16.4. The summed E-state index contributed by atoms with van der Waals surface area (Å²) in [7, 11) is 0. The van der Waals surface area contributed by atoms with Gasteiger partial charge in [-0.1, -0.05) is 61.5 Å². The van der Waals surface area contributed by atoms with Crippen LogP contribution < -0.4 is 48.3 Å². The van der Waals surface area contributed by atoms with Gasteiger partial charge in [-0.3, -0.25) is 19.2 Å². The van der Waals surface area contributed by atoms with Gasteiger partial charge in [0, 0.05) is 64.3 Å². The van der Waals surface area contributed by atoms with E-state index in [1.54, 1.807) is 39.8 Å². The second kappa shape index (κ2) is 31.1. The monoisotopic (exact) mass is 947 g/mol.